The van der Waals surface area contributed by atoms with Crippen LogP contribution in [0.25, 0.3) is 11.0 Å². The highest BCUT2D eigenvalue weighted by molar-refractivity contribution is 6.31. The van der Waals surface area contributed by atoms with Gasteiger partial charge in [-0.15, -0.1) is 11.6 Å². The van der Waals surface area contributed by atoms with Crippen LogP contribution in [0.1, 0.15) is 24.5 Å². The van der Waals surface area contributed by atoms with E-state index in [4.69, 9.17) is 23.2 Å². The topological polar surface area (TPSA) is 30.7 Å². The standard InChI is InChI=1S/C15H13Cl2N3/c1-10(12-4-2-3-7-18-12)20-14-6-5-11(17)8-13(14)19-15(20)9-16/h2-8,10H,9H2,1H3. The number of pyridine rings is 1. The molecule has 3 aromatic rings. The summed E-state index contributed by atoms with van der Waals surface area (Å²) >= 11 is 12.1. The normalized spacial score (nSPS) is 12.8. The lowest BCUT2D eigenvalue weighted by Crippen LogP contribution is -2.11. The molecule has 0 saturated carbocycles. The van der Waals surface area contributed by atoms with E-state index in [1.54, 1.807) is 6.20 Å². The molecular weight excluding hydrogens is 293 g/mol. The number of hydrogen-bond acceptors (Lipinski definition) is 2. The lowest BCUT2D eigenvalue weighted by Gasteiger charge is -2.16. The second kappa shape index (κ2) is 5.43. The SMILES string of the molecule is CC(c1ccccn1)n1c(CCl)nc2cc(Cl)ccc21. The van der Waals surface area contributed by atoms with Crippen molar-refractivity contribution in [2.24, 2.45) is 0 Å². The zero-order chi connectivity index (χ0) is 14.1. The van der Waals surface area contributed by atoms with Crippen LogP contribution in [0.2, 0.25) is 5.02 Å². The van der Waals surface area contributed by atoms with Gasteiger partial charge in [0.1, 0.15) is 5.82 Å². The Morgan fingerprint density at radius 1 is 1.25 bits per heavy atom. The molecule has 5 heteroatoms. The van der Waals surface area contributed by atoms with Crippen LogP contribution in [0.4, 0.5) is 0 Å². The van der Waals surface area contributed by atoms with E-state index in [0.29, 0.717) is 10.9 Å². The number of hydrogen-bond donors (Lipinski definition) is 0. The van der Waals surface area contributed by atoms with Crippen LogP contribution in [0.15, 0.2) is 42.6 Å². The molecule has 2 aromatic heterocycles. The van der Waals surface area contributed by atoms with Crippen molar-refractivity contribution in [3.8, 4) is 0 Å². The summed E-state index contributed by atoms with van der Waals surface area (Å²) in [5.41, 5.74) is 2.85. The molecule has 0 aliphatic carbocycles. The lowest BCUT2D eigenvalue weighted by molar-refractivity contribution is 0.616. The fourth-order valence-corrected chi connectivity index (χ4v) is 2.76. The van der Waals surface area contributed by atoms with E-state index in [1.165, 1.54) is 0 Å². The van der Waals surface area contributed by atoms with E-state index in [0.717, 1.165) is 22.6 Å². The molecule has 20 heavy (non-hydrogen) atoms. The summed E-state index contributed by atoms with van der Waals surface area (Å²) in [4.78, 5) is 8.97. The number of imidazole rings is 1. The third-order valence-electron chi connectivity index (χ3n) is 3.35. The van der Waals surface area contributed by atoms with Crippen molar-refractivity contribution in [1.29, 1.82) is 0 Å². The van der Waals surface area contributed by atoms with Gasteiger partial charge >= 0.3 is 0 Å². The molecule has 0 aliphatic rings. The molecule has 2 heterocycles. The predicted octanol–water partition coefficient (Wildman–Crippen LogP) is 4.43. The van der Waals surface area contributed by atoms with Crippen molar-refractivity contribution in [2.45, 2.75) is 18.8 Å². The minimum absolute atomic E-state index is 0.0659. The van der Waals surface area contributed by atoms with Crippen molar-refractivity contribution in [3.63, 3.8) is 0 Å². The zero-order valence-corrected chi connectivity index (χ0v) is 12.4. The van der Waals surface area contributed by atoms with Crippen LogP contribution in [0.3, 0.4) is 0 Å². The summed E-state index contributed by atoms with van der Waals surface area (Å²) in [6.07, 6.45) is 1.79. The van der Waals surface area contributed by atoms with E-state index in [2.05, 4.69) is 21.5 Å². The molecule has 0 saturated heterocycles. The van der Waals surface area contributed by atoms with Crippen LogP contribution in [0.5, 0.6) is 0 Å². The first-order chi connectivity index (χ1) is 9.70. The fourth-order valence-electron chi connectivity index (χ4n) is 2.40. The summed E-state index contributed by atoms with van der Waals surface area (Å²) in [5, 5.41) is 0.675. The Balaban J connectivity index is 2.19. The summed E-state index contributed by atoms with van der Waals surface area (Å²) in [6, 6.07) is 11.7. The number of nitrogens with zero attached hydrogens (tertiary/aromatic N) is 3. The summed E-state index contributed by atoms with van der Waals surface area (Å²) < 4.78 is 2.11. The van der Waals surface area contributed by atoms with Gasteiger partial charge < -0.3 is 4.57 Å². The molecular formula is C15H13Cl2N3. The predicted molar refractivity (Wildman–Crippen MR) is 82.4 cm³/mol. The van der Waals surface area contributed by atoms with Gasteiger partial charge in [-0.3, -0.25) is 4.98 Å². The average molecular weight is 306 g/mol. The molecule has 0 radical (unpaired) electrons. The fraction of sp³-hybridized carbons (Fsp3) is 0.200. The van der Waals surface area contributed by atoms with Crippen molar-refractivity contribution < 1.29 is 0 Å². The van der Waals surface area contributed by atoms with Gasteiger partial charge in [0.05, 0.1) is 28.6 Å². The number of benzene rings is 1. The van der Waals surface area contributed by atoms with Crippen LogP contribution in [-0.2, 0) is 5.88 Å². The Kier molecular flexibility index (Phi) is 3.64. The van der Waals surface area contributed by atoms with E-state index < -0.39 is 0 Å². The Morgan fingerprint density at radius 2 is 2.10 bits per heavy atom. The maximum atomic E-state index is 6.04. The number of rotatable bonds is 3. The van der Waals surface area contributed by atoms with Crippen molar-refractivity contribution in [1.82, 2.24) is 14.5 Å². The summed E-state index contributed by atoms with van der Waals surface area (Å²) in [5.74, 6) is 1.17. The molecule has 0 amide bonds. The minimum atomic E-state index is 0.0659. The van der Waals surface area contributed by atoms with Gasteiger partial charge in [0.25, 0.3) is 0 Å². The van der Waals surface area contributed by atoms with Crippen LogP contribution >= 0.6 is 23.2 Å². The molecule has 1 aromatic carbocycles. The van der Waals surface area contributed by atoms with Gasteiger partial charge in [-0.05, 0) is 37.3 Å². The third-order valence-corrected chi connectivity index (χ3v) is 3.82. The highest BCUT2D eigenvalue weighted by Crippen LogP contribution is 2.27. The van der Waals surface area contributed by atoms with Crippen LogP contribution in [0, 0.1) is 0 Å². The number of aromatic nitrogens is 3. The Bertz CT molecular complexity index is 737. The van der Waals surface area contributed by atoms with Gasteiger partial charge in [-0.2, -0.15) is 0 Å². The Morgan fingerprint density at radius 3 is 2.80 bits per heavy atom. The zero-order valence-electron chi connectivity index (χ0n) is 10.9. The molecule has 0 fully saturated rings. The molecule has 1 unspecified atom stereocenters. The second-order valence-corrected chi connectivity index (χ2v) is 5.30. The number of alkyl halides is 1. The van der Waals surface area contributed by atoms with Crippen molar-refractivity contribution in [2.75, 3.05) is 0 Å². The number of halogens is 2. The highest BCUT2D eigenvalue weighted by atomic mass is 35.5. The average Bonchev–Trinajstić information content (AvgIpc) is 2.84. The first-order valence-electron chi connectivity index (χ1n) is 6.34. The minimum Gasteiger partial charge on any atom is -0.318 e. The summed E-state index contributed by atoms with van der Waals surface area (Å²) in [7, 11) is 0. The van der Waals surface area contributed by atoms with E-state index >= 15 is 0 Å². The van der Waals surface area contributed by atoms with Crippen molar-refractivity contribution >= 4 is 34.2 Å². The molecule has 0 bridgehead atoms. The molecule has 0 aliphatic heterocycles. The maximum Gasteiger partial charge on any atom is 0.125 e. The van der Waals surface area contributed by atoms with E-state index in [9.17, 15) is 0 Å². The highest BCUT2D eigenvalue weighted by Gasteiger charge is 2.17. The quantitative estimate of drug-likeness (QED) is 0.670. The second-order valence-electron chi connectivity index (χ2n) is 4.60. The summed E-state index contributed by atoms with van der Waals surface area (Å²) in [6.45, 7) is 2.09. The Hall–Kier alpha value is -1.58. The maximum absolute atomic E-state index is 6.04. The smallest absolute Gasteiger partial charge is 0.125 e. The lowest BCUT2D eigenvalue weighted by atomic mass is 10.2. The molecule has 102 valence electrons. The van der Waals surface area contributed by atoms with Crippen LogP contribution < -0.4 is 0 Å². The van der Waals surface area contributed by atoms with Gasteiger partial charge in [0.2, 0.25) is 0 Å². The Labute approximate surface area is 127 Å². The largest absolute Gasteiger partial charge is 0.318 e. The van der Waals surface area contributed by atoms with Gasteiger partial charge in [-0.1, -0.05) is 17.7 Å². The van der Waals surface area contributed by atoms with Crippen molar-refractivity contribution in [3.05, 3.63) is 59.1 Å². The van der Waals surface area contributed by atoms with E-state index in [1.807, 2.05) is 36.4 Å². The number of fused-ring (bicyclic) bond motifs is 1. The molecule has 1 atom stereocenters. The monoisotopic (exact) mass is 305 g/mol. The van der Waals surface area contributed by atoms with Crippen LogP contribution in [-0.4, -0.2) is 14.5 Å². The third kappa shape index (κ3) is 2.28. The first kappa shape index (κ1) is 13.4. The first-order valence-corrected chi connectivity index (χ1v) is 7.25. The molecule has 3 nitrogen and oxygen atoms in total. The van der Waals surface area contributed by atoms with Gasteiger partial charge in [0.15, 0.2) is 0 Å². The molecule has 0 N–H and O–H groups in total. The molecule has 0 spiro atoms. The van der Waals surface area contributed by atoms with Gasteiger partial charge in [-0.25, -0.2) is 4.98 Å². The molecule has 3 rings (SSSR count). The van der Waals surface area contributed by atoms with E-state index in [-0.39, 0.29) is 6.04 Å². The van der Waals surface area contributed by atoms with Gasteiger partial charge in [0, 0.05) is 11.2 Å².